The number of nitrogens with one attached hydrogen (secondary N) is 4. The third-order valence-corrected chi connectivity index (χ3v) is 4.47. The molecular weight excluding hydrogens is 408 g/mol. The number of benzene rings is 1. The first kappa shape index (κ1) is 22.6. The van der Waals surface area contributed by atoms with Gasteiger partial charge in [0.1, 0.15) is 17.3 Å². The SMILES string of the molecule is CC(=O)NCCNc1nc(-c2ccccc2)nc(NCCNC(=O)c2cnccn2)c1C. The van der Waals surface area contributed by atoms with Crippen LogP contribution in [0.25, 0.3) is 11.4 Å². The van der Waals surface area contributed by atoms with Crippen molar-refractivity contribution in [1.82, 2.24) is 30.6 Å². The Morgan fingerprint density at radius 2 is 1.53 bits per heavy atom. The Hall–Kier alpha value is -4.08. The van der Waals surface area contributed by atoms with Crippen LogP contribution < -0.4 is 21.3 Å². The standard InChI is InChI=1S/C22H26N8O2/c1-15-19(26-11-10-24-16(2)31)29-21(17-6-4-3-5-7-17)30-20(15)27-12-13-28-22(32)18-14-23-8-9-25-18/h3-9,14H,10-13H2,1-2H3,(H,24,31)(H,28,32)(H2,26,27,29,30). The Balaban J connectivity index is 1.68. The summed E-state index contributed by atoms with van der Waals surface area (Å²) < 4.78 is 0. The molecular formula is C22H26N8O2. The van der Waals surface area contributed by atoms with Crippen molar-refractivity contribution in [3.63, 3.8) is 0 Å². The molecule has 0 fully saturated rings. The molecule has 0 aliphatic heterocycles. The average molecular weight is 435 g/mol. The summed E-state index contributed by atoms with van der Waals surface area (Å²) >= 11 is 0. The van der Waals surface area contributed by atoms with Gasteiger partial charge in [0.2, 0.25) is 5.91 Å². The van der Waals surface area contributed by atoms with Crippen LogP contribution in [0.1, 0.15) is 23.0 Å². The van der Waals surface area contributed by atoms with E-state index in [1.165, 1.54) is 25.5 Å². The van der Waals surface area contributed by atoms with Crippen molar-refractivity contribution in [3.8, 4) is 11.4 Å². The average Bonchev–Trinajstić information content (AvgIpc) is 2.82. The quantitative estimate of drug-likeness (QED) is 0.354. The van der Waals surface area contributed by atoms with Crippen molar-refractivity contribution in [1.29, 1.82) is 0 Å². The van der Waals surface area contributed by atoms with Crippen molar-refractivity contribution in [3.05, 3.63) is 60.2 Å². The van der Waals surface area contributed by atoms with E-state index < -0.39 is 0 Å². The lowest BCUT2D eigenvalue weighted by atomic mass is 10.2. The normalized spacial score (nSPS) is 10.3. The Bertz CT molecular complexity index is 1040. The van der Waals surface area contributed by atoms with E-state index in [4.69, 9.17) is 0 Å². The Morgan fingerprint density at radius 3 is 2.12 bits per heavy atom. The maximum absolute atomic E-state index is 12.1. The van der Waals surface area contributed by atoms with Crippen molar-refractivity contribution >= 4 is 23.5 Å². The predicted octanol–water partition coefficient (Wildman–Crippen LogP) is 1.63. The first-order valence-electron chi connectivity index (χ1n) is 10.2. The number of rotatable bonds is 10. The third kappa shape index (κ3) is 6.46. The molecule has 32 heavy (non-hydrogen) atoms. The van der Waals surface area contributed by atoms with Crippen molar-refractivity contribution < 1.29 is 9.59 Å². The van der Waals surface area contributed by atoms with Gasteiger partial charge in [-0.25, -0.2) is 15.0 Å². The molecule has 0 atom stereocenters. The van der Waals surface area contributed by atoms with Crippen LogP contribution in [-0.4, -0.2) is 57.9 Å². The molecule has 166 valence electrons. The van der Waals surface area contributed by atoms with Crippen LogP contribution in [0.4, 0.5) is 11.6 Å². The highest BCUT2D eigenvalue weighted by Crippen LogP contribution is 2.24. The molecule has 3 aromatic rings. The molecule has 4 N–H and O–H groups in total. The molecule has 0 radical (unpaired) electrons. The first-order chi connectivity index (χ1) is 15.5. The van der Waals surface area contributed by atoms with Gasteiger partial charge in [-0.2, -0.15) is 0 Å². The molecule has 2 amide bonds. The number of aromatic nitrogens is 4. The van der Waals surface area contributed by atoms with Gasteiger partial charge in [0.15, 0.2) is 5.82 Å². The smallest absolute Gasteiger partial charge is 0.271 e. The maximum atomic E-state index is 12.1. The highest BCUT2D eigenvalue weighted by molar-refractivity contribution is 5.91. The van der Waals surface area contributed by atoms with Gasteiger partial charge in [-0.05, 0) is 6.92 Å². The number of carbonyl (C=O) groups excluding carboxylic acids is 2. The molecule has 2 aromatic heterocycles. The second-order valence-electron chi connectivity index (χ2n) is 6.92. The highest BCUT2D eigenvalue weighted by atomic mass is 16.2. The molecule has 0 saturated heterocycles. The fourth-order valence-corrected chi connectivity index (χ4v) is 2.86. The minimum Gasteiger partial charge on any atom is -0.368 e. The highest BCUT2D eigenvalue weighted by Gasteiger charge is 2.12. The molecule has 2 heterocycles. The zero-order valence-corrected chi connectivity index (χ0v) is 18.1. The monoisotopic (exact) mass is 434 g/mol. The summed E-state index contributed by atoms with van der Waals surface area (Å²) in [6, 6.07) is 9.67. The summed E-state index contributed by atoms with van der Waals surface area (Å²) in [6.07, 6.45) is 4.41. The second-order valence-corrected chi connectivity index (χ2v) is 6.92. The van der Waals surface area contributed by atoms with Crippen molar-refractivity contribution in [2.24, 2.45) is 0 Å². The summed E-state index contributed by atoms with van der Waals surface area (Å²) in [5, 5.41) is 12.1. The molecule has 0 unspecified atom stereocenters. The Morgan fingerprint density at radius 1 is 0.875 bits per heavy atom. The number of hydrogen-bond acceptors (Lipinski definition) is 8. The van der Waals surface area contributed by atoms with Gasteiger partial charge in [0.25, 0.3) is 5.91 Å². The molecule has 0 spiro atoms. The Kier molecular flexibility index (Phi) is 8.02. The molecule has 0 aliphatic rings. The van der Waals surface area contributed by atoms with E-state index in [2.05, 4.69) is 41.2 Å². The lowest BCUT2D eigenvalue weighted by molar-refractivity contribution is -0.118. The topological polar surface area (TPSA) is 134 Å². The summed E-state index contributed by atoms with van der Waals surface area (Å²) in [5.74, 6) is 1.54. The van der Waals surface area contributed by atoms with E-state index in [9.17, 15) is 9.59 Å². The molecule has 0 saturated carbocycles. The zero-order chi connectivity index (χ0) is 22.8. The fraction of sp³-hybridized carbons (Fsp3) is 0.273. The fourth-order valence-electron chi connectivity index (χ4n) is 2.86. The minimum atomic E-state index is -0.287. The summed E-state index contributed by atoms with van der Waals surface area (Å²) in [7, 11) is 0. The number of carbonyl (C=O) groups is 2. The maximum Gasteiger partial charge on any atom is 0.271 e. The molecule has 1 aromatic carbocycles. The van der Waals surface area contributed by atoms with E-state index in [1.807, 2.05) is 37.3 Å². The van der Waals surface area contributed by atoms with E-state index in [0.29, 0.717) is 43.6 Å². The van der Waals surface area contributed by atoms with E-state index >= 15 is 0 Å². The number of anilines is 2. The Labute approximate surface area is 186 Å². The van der Waals surface area contributed by atoms with Gasteiger partial charge in [0, 0.05) is 56.6 Å². The van der Waals surface area contributed by atoms with Crippen LogP contribution in [-0.2, 0) is 4.79 Å². The summed E-state index contributed by atoms with van der Waals surface area (Å²) in [4.78, 5) is 40.4. The van der Waals surface area contributed by atoms with Crippen molar-refractivity contribution in [2.75, 3.05) is 36.8 Å². The number of hydrogen-bond donors (Lipinski definition) is 4. The lowest BCUT2D eigenvalue weighted by Crippen LogP contribution is -2.30. The number of nitrogens with zero attached hydrogens (tertiary/aromatic N) is 4. The van der Waals surface area contributed by atoms with E-state index in [0.717, 1.165) is 11.1 Å². The van der Waals surface area contributed by atoms with Gasteiger partial charge < -0.3 is 21.3 Å². The van der Waals surface area contributed by atoms with Crippen LogP contribution in [0.2, 0.25) is 0 Å². The third-order valence-electron chi connectivity index (χ3n) is 4.47. The van der Waals surface area contributed by atoms with Crippen molar-refractivity contribution in [2.45, 2.75) is 13.8 Å². The largest absolute Gasteiger partial charge is 0.368 e. The second kappa shape index (κ2) is 11.3. The van der Waals surface area contributed by atoms with Gasteiger partial charge in [-0.15, -0.1) is 0 Å². The van der Waals surface area contributed by atoms with Crippen LogP contribution in [0, 0.1) is 6.92 Å². The van der Waals surface area contributed by atoms with Gasteiger partial charge in [-0.3, -0.25) is 14.6 Å². The number of amides is 2. The first-order valence-corrected chi connectivity index (χ1v) is 10.2. The van der Waals surface area contributed by atoms with Gasteiger partial charge >= 0.3 is 0 Å². The minimum absolute atomic E-state index is 0.0814. The summed E-state index contributed by atoms with van der Waals surface area (Å²) in [5.41, 5.74) is 1.99. The molecule has 10 nitrogen and oxygen atoms in total. The molecule has 0 bridgehead atoms. The van der Waals surface area contributed by atoms with Crippen LogP contribution in [0.3, 0.4) is 0 Å². The molecule has 3 rings (SSSR count). The summed E-state index contributed by atoms with van der Waals surface area (Å²) in [6.45, 7) is 5.24. The lowest BCUT2D eigenvalue weighted by Gasteiger charge is -2.16. The van der Waals surface area contributed by atoms with Crippen LogP contribution in [0.15, 0.2) is 48.9 Å². The van der Waals surface area contributed by atoms with Crippen LogP contribution in [0.5, 0.6) is 0 Å². The van der Waals surface area contributed by atoms with Gasteiger partial charge in [0.05, 0.1) is 6.20 Å². The van der Waals surface area contributed by atoms with E-state index in [1.54, 1.807) is 0 Å². The molecule has 0 aliphatic carbocycles. The van der Waals surface area contributed by atoms with E-state index in [-0.39, 0.29) is 17.5 Å². The molecule has 10 heteroatoms. The zero-order valence-electron chi connectivity index (χ0n) is 18.1. The van der Waals surface area contributed by atoms with Gasteiger partial charge in [-0.1, -0.05) is 30.3 Å². The van der Waals surface area contributed by atoms with Crippen LogP contribution >= 0.6 is 0 Å². The predicted molar refractivity (Wildman–Crippen MR) is 122 cm³/mol.